The van der Waals surface area contributed by atoms with Crippen LogP contribution in [-0.2, 0) is 23.7 Å². The molecule has 0 aromatic rings. The number of carbonyl (C=O) groups is 1. The normalized spacial score (nSPS) is 11.1. The van der Waals surface area contributed by atoms with Gasteiger partial charge in [0.2, 0.25) is 0 Å². The lowest BCUT2D eigenvalue weighted by atomic mass is 10.2. The first-order valence-corrected chi connectivity index (χ1v) is 9.05. The smallest absolute Gasteiger partial charge is 0.305 e. The van der Waals surface area contributed by atoms with Gasteiger partial charge >= 0.3 is 5.97 Å². The molecule has 0 aromatic carbocycles. The quantitative estimate of drug-likeness (QED) is 0.301. The van der Waals surface area contributed by atoms with Gasteiger partial charge in [0, 0.05) is 19.6 Å². The summed E-state index contributed by atoms with van der Waals surface area (Å²) >= 11 is 0. The molecule has 0 aliphatic heterocycles. The van der Waals surface area contributed by atoms with Gasteiger partial charge in [0.05, 0.1) is 33.0 Å². The first kappa shape index (κ1) is 22.4. The van der Waals surface area contributed by atoms with Crippen molar-refractivity contribution >= 4 is 5.97 Å². The van der Waals surface area contributed by atoms with E-state index in [-0.39, 0.29) is 5.97 Å². The van der Waals surface area contributed by atoms with Gasteiger partial charge < -0.3 is 18.9 Å². The van der Waals surface area contributed by atoms with E-state index >= 15 is 0 Å². The second kappa shape index (κ2) is 17.7. The monoisotopic (exact) mass is 332 g/mol. The molecule has 0 heterocycles. The van der Waals surface area contributed by atoms with E-state index in [9.17, 15) is 4.79 Å². The number of esters is 1. The van der Waals surface area contributed by atoms with Gasteiger partial charge in [0.15, 0.2) is 0 Å². The Morgan fingerprint density at radius 2 is 1.35 bits per heavy atom. The fourth-order valence-electron chi connectivity index (χ4n) is 1.82. The van der Waals surface area contributed by atoms with Gasteiger partial charge in [-0.1, -0.05) is 40.0 Å². The topological polar surface area (TPSA) is 54.0 Å². The average molecular weight is 332 g/mol. The Balaban J connectivity index is 3.09. The molecule has 0 aliphatic rings. The molecule has 0 saturated carbocycles. The summed E-state index contributed by atoms with van der Waals surface area (Å²) in [6, 6.07) is 0. The molecule has 0 rings (SSSR count). The fraction of sp³-hybridized carbons (Fsp3) is 0.944. The highest BCUT2D eigenvalue weighted by molar-refractivity contribution is 5.69. The summed E-state index contributed by atoms with van der Waals surface area (Å²) in [6.07, 6.45) is 6.03. The Morgan fingerprint density at radius 3 is 1.91 bits per heavy atom. The Morgan fingerprint density at radius 1 is 0.783 bits per heavy atom. The molecule has 0 saturated heterocycles. The van der Waals surface area contributed by atoms with E-state index in [4.69, 9.17) is 18.9 Å². The van der Waals surface area contributed by atoms with Crippen molar-refractivity contribution in [2.75, 3.05) is 46.2 Å². The molecular formula is C18H36O5. The maximum Gasteiger partial charge on any atom is 0.305 e. The molecule has 5 heteroatoms. The molecular weight excluding hydrogens is 296 g/mol. The van der Waals surface area contributed by atoms with Crippen molar-refractivity contribution < 1.29 is 23.7 Å². The van der Waals surface area contributed by atoms with Gasteiger partial charge in [0.1, 0.15) is 0 Å². The third-order valence-corrected chi connectivity index (χ3v) is 3.13. The van der Waals surface area contributed by atoms with Crippen LogP contribution in [0.15, 0.2) is 0 Å². The number of hydrogen-bond donors (Lipinski definition) is 0. The summed E-state index contributed by atoms with van der Waals surface area (Å²) in [4.78, 5) is 11.3. The molecule has 0 aliphatic carbocycles. The zero-order valence-electron chi connectivity index (χ0n) is 15.3. The van der Waals surface area contributed by atoms with E-state index in [0.29, 0.717) is 58.4 Å². The summed E-state index contributed by atoms with van der Waals surface area (Å²) in [5, 5.41) is 0. The third-order valence-electron chi connectivity index (χ3n) is 3.13. The summed E-state index contributed by atoms with van der Waals surface area (Å²) in [7, 11) is 0. The standard InChI is InChI=1S/C18H36O5/c1-4-5-6-7-10-20-12-14-22-15-13-21-11-8-9-18(19)23-16-17(2)3/h17H,4-16H2,1-3H3. The molecule has 5 nitrogen and oxygen atoms in total. The summed E-state index contributed by atoms with van der Waals surface area (Å²) in [6.45, 7) is 10.5. The van der Waals surface area contributed by atoms with E-state index in [0.717, 1.165) is 13.0 Å². The van der Waals surface area contributed by atoms with Crippen molar-refractivity contribution in [1.82, 2.24) is 0 Å². The Labute approximate surface area is 142 Å². The lowest BCUT2D eigenvalue weighted by Gasteiger charge is -2.08. The van der Waals surface area contributed by atoms with Gasteiger partial charge in [-0.25, -0.2) is 0 Å². The minimum atomic E-state index is -0.144. The number of hydrogen-bond acceptors (Lipinski definition) is 5. The second-order valence-electron chi connectivity index (χ2n) is 6.08. The molecule has 0 fully saturated rings. The Bertz CT molecular complexity index is 256. The second-order valence-corrected chi connectivity index (χ2v) is 6.08. The average Bonchev–Trinajstić information content (AvgIpc) is 2.53. The van der Waals surface area contributed by atoms with Crippen molar-refractivity contribution in [2.24, 2.45) is 5.92 Å². The highest BCUT2D eigenvalue weighted by Crippen LogP contribution is 1.99. The van der Waals surface area contributed by atoms with Crippen LogP contribution in [0.4, 0.5) is 0 Å². The molecule has 0 atom stereocenters. The summed E-state index contributed by atoms with van der Waals surface area (Å²) < 4.78 is 21.4. The van der Waals surface area contributed by atoms with Crippen LogP contribution in [0.25, 0.3) is 0 Å². The van der Waals surface area contributed by atoms with Crippen molar-refractivity contribution in [3.63, 3.8) is 0 Å². The van der Waals surface area contributed by atoms with Crippen molar-refractivity contribution in [3.05, 3.63) is 0 Å². The van der Waals surface area contributed by atoms with Gasteiger partial charge in [-0.05, 0) is 18.8 Å². The predicted octanol–water partition coefficient (Wildman–Crippen LogP) is 3.60. The fourth-order valence-corrected chi connectivity index (χ4v) is 1.82. The van der Waals surface area contributed by atoms with Crippen LogP contribution < -0.4 is 0 Å². The van der Waals surface area contributed by atoms with Crippen LogP contribution in [-0.4, -0.2) is 52.2 Å². The van der Waals surface area contributed by atoms with Crippen LogP contribution in [0.1, 0.15) is 59.3 Å². The van der Waals surface area contributed by atoms with Crippen molar-refractivity contribution in [2.45, 2.75) is 59.3 Å². The lowest BCUT2D eigenvalue weighted by Crippen LogP contribution is -2.12. The first-order chi connectivity index (χ1) is 11.2. The number of unbranched alkanes of at least 4 members (excludes halogenated alkanes) is 3. The number of rotatable bonds is 17. The van der Waals surface area contributed by atoms with Gasteiger partial charge in [-0.15, -0.1) is 0 Å². The molecule has 0 radical (unpaired) electrons. The van der Waals surface area contributed by atoms with E-state index in [1.54, 1.807) is 0 Å². The van der Waals surface area contributed by atoms with Crippen LogP contribution >= 0.6 is 0 Å². The third kappa shape index (κ3) is 19.3. The molecule has 0 bridgehead atoms. The maximum absolute atomic E-state index is 11.3. The summed E-state index contributed by atoms with van der Waals surface area (Å²) in [5.74, 6) is 0.238. The minimum Gasteiger partial charge on any atom is -0.465 e. The number of ether oxygens (including phenoxy) is 4. The van der Waals surface area contributed by atoms with Crippen LogP contribution in [0, 0.1) is 5.92 Å². The first-order valence-electron chi connectivity index (χ1n) is 9.05. The summed E-state index contributed by atoms with van der Waals surface area (Å²) in [5.41, 5.74) is 0. The van der Waals surface area contributed by atoms with Crippen LogP contribution in [0.5, 0.6) is 0 Å². The zero-order valence-corrected chi connectivity index (χ0v) is 15.3. The predicted molar refractivity (Wildman–Crippen MR) is 91.6 cm³/mol. The van der Waals surface area contributed by atoms with Gasteiger partial charge in [-0.2, -0.15) is 0 Å². The Hall–Kier alpha value is -0.650. The van der Waals surface area contributed by atoms with E-state index in [1.165, 1.54) is 19.3 Å². The highest BCUT2D eigenvalue weighted by atomic mass is 16.5. The zero-order chi connectivity index (χ0) is 17.2. The SMILES string of the molecule is CCCCCCOCCOCCOCCCC(=O)OCC(C)C. The van der Waals surface area contributed by atoms with E-state index < -0.39 is 0 Å². The molecule has 0 amide bonds. The van der Waals surface area contributed by atoms with E-state index in [1.807, 2.05) is 13.8 Å². The van der Waals surface area contributed by atoms with Gasteiger partial charge in [0.25, 0.3) is 0 Å². The molecule has 23 heavy (non-hydrogen) atoms. The van der Waals surface area contributed by atoms with Crippen LogP contribution in [0.3, 0.4) is 0 Å². The largest absolute Gasteiger partial charge is 0.465 e. The lowest BCUT2D eigenvalue weighted by molar-refractivity contribution is -0.145. The van der Waals surface area contributed by atoms with Crippen molar-refractivity contribution in [3.8, 4) is 0 Å². The number of carbonyl (C=O) groups excluding carboxylic acids is 1. The highest BCUT2D eigenvalue weighted by Gasteiger charge is 2.03. The maximum atomic E-state index is 11.3. The molecule has 0 N–H and O–H groups in total. The van der Waals surface area contributed by atoms with Gasteiger partial charge in [-0.3, -0.25) is 4.79 Å². The molecule has 0 spiro atoms. The van der Waals surface area contributed by atoms with E-state index in [2.05, 4.69) is 6.92 Å². The van der Waals surface area contributed by atoms with Crippen LogP contribution in [0.2, 0.25) is 0 Å². The van der Waals surface area contributed by atoms with Crippen molar-refractivity contribution in [1.29, 1.82) is 0 Å². The molecule has 138 valence electrons. The Kier molecular flexibility index (Phi) is 17.2. The molecule has 0 aromatic heterocycles. The molecule has 0 unspecified atom stereocenters. The minimum absolute atomic E-state index is 0.144.